The highest BCUT2D eigenvalue weighted by Gasteiger charge is 2.44. The van der Waals surface area contributed by atoms with E-state index in [0.717, 1.165) is 64.2 Å². The standard InChI is InChI=1S/C67H125NO10/c1-3-5-7-9-11-13-34-39-43-47-51-55-63(72)76-56-52-48-44-40-36-33-31-29-27-25-23-21-19-17-15-16-18-20-22-24-26-28-30-32-35-38-42-46-50-54-62(71)68-59(58-77-67-66(75)65(74)64(73)61(57-69)78-67)60(70)53-49-45-41-37-14-12-10-8-6-4-2/h6,8,14,37,49,53,59-61,64-67,69-70,73-75H,3-5,7,9-13,15-36,38-48,50-52,54-58H2,1-2H3,(H,68,71)/b8-6+,37-14+,53-49+. The molecular formula is C67H125NO10. The van der Waals surface area contributed by atoms with Gasteiger partial charge in [0.2, 0.25) is 5.91 Å². The van der Waals surface area contributed by atoms with E-state index in [4.69, 9.17) is 14.2 Å². The maximum absolute atomic E-state index is 13.0. The first-order valence-corrected chi connectivity index (χ1v) is 33.3. The van der Waals surface area contributed by atoms with Gasteiger partial charge in [-0.2, -0.15) is 0 Å². The van der Waals surface area contributed by atoms with E-state index < -0.39 is 49.5 Å². The lowest BCUT2D eigenvalue weighted by atomic mass is 9.99. The van der Waals surface area contributed by atoms with Crippen LogP contribution >= 0.6 is 0 Å². The summed E-state index contributed by atoms with van der Waals surface area (Å²) in [5.74, 6) is -0.184. The molecule has 0 spiro atoms. The van der Waals surface area contributed by atoms with Crippen LogP contribution in [0.15, 0.2) is 36.5 Å². The summed E-state index contributed by atoms with van der Waals surface area (Å²) in [6.07, 6.45) is 61.5. The third kappa shape index (κ3) is 45.5. The van der Waals surface area contributed by atoms with Gasteiger partial charge in [0.15, 0.2) is 6.29 Å². The van der Waals surface area contributed by atoms with Gasteiger partial charge in [-0.1, -0.05) is 288 Å². The lowest BCUT2D eigenvalue weighted by Crippen LogP contribution is -2.60. The molecule has 6 N–H and O–H groups in total. The molecule has 1 aliphatic heterocycles. The number of carbonyl (C=O) groups is 2. The van der Waals surface area contributed by atoms with Crippen LogP contribution in [0.1, 0.15) is 316 Å². The Morgan fingerprint density at radius 1 is 0.474 bits per heavy atom. The van der Waals surface area contributed by atoms with Crippen molar-refractivity contribution >= 4 is 11.9 Å². The molecule has 11 nitrogen and oxygen atoms in total. The zero-order valence-corrected chi connectivity index (χ0v) is 50.6. The van der Waals surface area contributed by atoms with Crippen molar-refractivity contribution in [2.45, 2.75) is 358 Å². The fourth-order valence-electron chi connectivity index (χ4n) is 10.5. The van der Waals surface area contributed by atoms with E-state index in [1.54, 1.807) is 6.08 Å². The Labute approximate surface area is 479 Å². The molecule has 458 valence electrons. The molecule has 1 aliphatic rings. The Bertz CT molecular complexity index is 1390. The number of hydrogen-bond acceptors (Lipinski definition) is 10. The van der Waals surface area contributed by atoms with Crippen molar-refractivity contribution in [1.29, 1.82) is 0 Å². The highest BCUT2D eigenvalue weighted by Crippen LogP contribution is 2.23. The number of aliphatic hydroxyl groups is 5. The number of nitrogens with one attached hydrogen (secondary N) is 1. The smallest absolute Gasteiger partial charge is 0.305 e. The number of ether oxygens (including phenoxy) is 3. The van der Waals surface area contributed by atoms with Crippen molar-refractivity contribution in [3.8, 4) is 0 Å². The highest BCUT2D eigenvalue weighted by atomic mass is 16.7. The number of hydrogen-bond donors (Lipinski definition) is 6. The minimum Gasteiger partial charge on any atom is -0.466 e. The lowest BCUT2D eigenvalue weighted by molar-refractivity contribution is -0.302. The summed E-state index contributed by atoms with van der Waals surface area (Å²) in [6.45, 7) is 4.22. The number of rotatable bonds is 58. The Morgan fingerprint density at radius 2 is 0.846 bits per heavy atom. The van der Waals surface area contributed by atoms with Crippen LogP contribution in [0.25, 0.3) is 0 Å². The quantitative estimate of drug-likeness (QED) is 0.0195. The van der Waals surface area contributed by atoms with Crippen LogP contribution < -0.4 is 5.32 Å². The molecule has 0 radical (unpaired) electrons. The molecule has 7 atom stereocenters. The van der Waals surface area contributed by atoms with Gasteiger partial charge in [-0.05, 0) is 51.4 Å². The topological polar surface area (TPSA) is 175 Å². The fourth-order valence-corrected chi connectivity index (χ4v) is 10.5. The summed E-state index contributed by atoms with van der Waals surface area (Å²) in [7, 11) is 0. The van der Waals surface area contributed by atoms with E-state index in [1.807, 2.05) is 6.08 Å². The minimum absolute atomic E-state index is 0.0100. The van der Waals surface area contributed by atoms with E-state index in [2.05, 4.69) is 43.5 Å². The highest BCUT2D eigenvalue weighted by molar-refractivity contribution is 5.76. The molecule has 1 heterocycles. The first kappa shape index (κ1) is 73.9. The van der Waals surface area contributed by atoms with Crippen LogP contribution in [0.5, 0.6) is 0 Å². The molecule has 0 aromatic carbocycles. The van der Waals surface area contributed by atoms with E-state index in [-0.39, 0.29) is 18.5 Å². The Balaban J connectivity index is 1.94. The third-order valence-electron chi connectivity index (χ3n) is 15.7. The molecule has 78 heavy (non-hydrogen) atoms. The second kappa shape index (κ2) is 56.7. The third-order valence-corrected chi connectivity index (χ3v) is 15.7. The second-order valence-electron chi connectivity index (χ2n) is 23.1. The fraction of sp³-hybridized carbons (Fsp3) is 0.881. The zero-order chi connectivity index (χ0) is 56.6. The van der Waals surface area contributed by atoms with Crippen molar-refractivity contribution in [2.75, 3.05) is 19.8 Å². The average Bonchev–Trinajstić information content (AvgIpc) is 3.44. The van der Waals surface area contributed by atoms with Gasteiger partial charge in [0, 0.05) is 12.8 Å². The molecule has 11 heteroatoms. The summed E-state index contributed by atoms with van der Waals surface area (Å²) in [5.41, 5.74) is 0. The zero-order valence-electron chi connectivity index (χ0n) is 50.6. The SMILES string of the molecule is CC/C=C/CC/C=C/CC/C=C/C(O)C(COC1OC(CO)C(O)C(O)C1O)NC(=O)CCCCCCCCCCCCCCCCCCCCCCCCCCCCCCCOC(=O)CCCCCCCCCCCCC. The van der Waals surface area contributed by atoms with E-state index in [0.29, 0.717) is 19.4 Å². The van der Waals surface area contributed by atoms with Gasteiger partial charge in [-0.25, -0.2) is 0 Å². The summed E-state index contributed by atoms with van der Waals surface area (Å²) < 4.78 is 16.7. The number of amides is 1. The van der Waals surface area contributed by atoms with Gasteiger partial charge in [-0.15, -0.1) is 0 Å². The Hall–Kier alpha value is -2.12. The molecule has 1 fully saturated rings. The average molecular weight is 1100 g/mol. The van der Waals surface area contributed by atoms with Gasteiger partial charge in [0.25, 0.3) is 0 Å². The van der Waals surface area contributed by atoms with Gasteiger partial charge in [-0.3, -0.25) is 9.59 Å². The van der Waals surface area contributed by atoms with Crippen LogP contribution in [0.4, 0.5) is 0 Å². The summed E-state index contributed by atoms with van der Waals surface area (Å²) in [4.78, 5) is 25.0. The van der Waals surface area contributed by atoms with E-state index in [1.165, 1.54) is 225 Å². The molecule has 1 rings (SSSR count). The van der Waals surface area contributed by atoms with Crippen LogP contribution in [-0.2, 0) is 23.8 Å². The predicted octanol–water partition coefficient (Wildman–Crippen LogP) is 16.2. The summed E-state index contributed by atoms with van der Waals surface area (Å²) in [5, 5.41) is 54.3. The predicted molar refractivity (Wildman–Crippen MR) is 324 cm³/mol. The van der Waals surface area contributed by atoms with E-state index >= 15 is 0 Å². The largest absolute Gasteiger partial charge is 0.466 e. The van der Waals surface area contributed by atoms with E-state index in [9.17, 15) is 35.1 Å². The molecule has 1 saturated heterocycles. The molecule has 0 bridgehead atoms. The maximum Gasteiger partial charge on any atom is 0.305 e. The molecule has 1 amide bonds. The Kier molecular flexibility index (Phi) is 53.7. The first-order valence-electron chi connectivity index (χ1n) is 33.3. The van der Waals surface area contributed by atoms with Crippen LogP contribution in [-0.4, -0.2) is 100 Å². The number of aliphatic hydroxyl groups excluding tert-OH is 5. The molecule has 0 saturated carbocycles. The van der Waals surface area contributed by atoms with Crippen molar-refractivity contribution in [2.24, 2.45) is 0 Å². The van der Waals surface area contributed by atoms with Crippen molar-refractivity contribution in [3.63, 3.8) is 0 Å². The number of unbranched alkanes of at least 4 members (excludes halogenated alkanes) is 40. The molecule has 0 aromatic heterocycles. The van der Waals surface area contributed by atoms with Crippen molar-refractivity contribution in [3.05, 3.63) is 36.5 Å². The van der Waals surface area contributed by atoms with Gasteiger partial charge >= 0.3 is 5.97 Å². The van der Waals surface area contributed by atoms with Crippen LogP contribution in [0, 0.1) is 0 Å². The molecule has 7 unspecified atom stereocenters. The van der Waals surface area contributed by atoms with Crippen molar-refractivity contribution < 1.29 is 49.3 Å². The first-order chi connectivity index (χ1) is 38.2. The second-order valence-corrected chi connectivity index (χ2v) is 23.1. The van der Waals surface area contributed by atoms with Crippen molar-refractivity contribution in [1.82, 2.24) is 5.32 Å². The van der Waals surface area contributed by atoms with Crippen LogP contribution in [0.3, 0.4) is 0 Å². The summed E-state index contributed by atoms with van der Waals surface area (Å²) >= 11 is 0. The molecule has 0 aromatic rings. The summed E-state index contributed by atoms with van der Waals surface area (Å²) in [6, 6.07) is -0.831. The number of allylic oxidation sites excluding steroid dienone is 5. The monoisotopic (exact) mass is 1100 g/mol. The molecule has 0 aliphatic carbocycles. The lowest BCUT2D eigenvalue weighted by Gasteiger charge is -2.40. The van der Waals surface area contributed by atoms with Gasteiger partial charge in [0.1, 0.15) is 24.4 Å². The van der Waals surface area contributed by atoms with Crippen LogP contribution in [0.2, 0.25) is 0 Å². The minimum atomic E-state index is -1.58. The number of carbonyl (C=O) groups excluding carboxylic acids is 2. The normalized spacial score (nSPS) is 18.7. The number of esters is 1. The maximum atomic E-state index is 13.0. The Morgan fingerprint density at radius 3 is 1.26 bits per heavy atom. The van der Waals surface area contributed by atoms with Gasteiger partial charge in [0.05, 0.1) is 32.0 Å². The van der Waals surface area contributed by atoms with Gasteiger partial charge < -0.3 is 45.1 Å². The molecular weight excluding hydrogens is 979 g/mol.